The van der Waals surface area contributed by atoms with Crippen molar-refractivity contribution in [3.8, 4) is 5.75 Å². The van der Waals surface area contributed by atoms with Gasteiger partial charge in [0.15, 0.2) is 0 Å². The molecule has 1 saturated heterocycles. The molecule has 1 heterocycles. The number of hydrogen-bond acceptors (Lipinski definition) is 3. The zero-order chi connectivity index (χ0) is 14.6. The zero-order valence-electron chi connectivity index (χ0n) is 12.9. The molecule has 1 aromatic carbocycles. The number of rotatable bonds is 4. The van der Waals surface area contributed by atoms with Gasteiger partial charge in [-0.15, -0.1) is 0 Å². The Bertz CT molecular complexity index is 400. The predicted octanol–water partition coefficient (Wildman–Crippen LogP) is 2.82. The first-order valence-corrected chi connectivity index (χ1v) is 7.59. The molecular weight excluding hydrogens is 250 g/mol. The van der Waals surface area contributed by atoms with Gasteiger partial charge in [0.05, 0.1) is 6.10 Å². The average molecular weight is 277 g/mol. The van der Waals surface area contributed by atoms with Crippen LogP contribution in [0.4, 0.5) is 0 Å². The summed E-state index contributed by atoms with van der Waals surface area (Å²) >= 11 is 0. The Morgan fingerprint density at radius 2 is 1.75 bits per heavy atom. The van der Waals surface area contributed by atoms with Crippen LogP contribution in [-0.4, -0.2) is 42.4 Å². The minimum atomic E-state index is -0.0999. The van der Waals surface area contributed by atoms with Crippen LogP contribution in [0.15, 0.2) is 24.3 Å². The Kier molecular flexibility index (Phi) is 5.06. The van der Waals surface area contributed by atoms with Gasteiger partial charge in [-0.2, -0.15) is 0 Å². The van der Waals surface area contributed by atoms with E-state index in [0.717, 1.165) is 38.2 Å². The van der Waals surface area contributed by atoms with Gasteiger partial charge in [0.2, 0.25) is 0 Å². The molecule has 0 bridgehead atoms. The lowest BCUT2D eigenvalue weighted by Gasteiger charge is -2.29. The van der Waals surface area contributed by atoms with Crippen LogP contribution in [0.25, 0.3) is 0 Å². The van der Waals surface area contributed by atoms with Gasteiger partial charge in [-0.05, 0) is 36.0 Å². The summed E-state index contributed by atoms with van der Waals surface area (Å²) in [6.07, 6.45) is 1.68. The number of hydrogen-bond donors (Lipinski definition) is 1. The first-order valence-electron chi connectivity index (χ1n) is 7.59. The largest absolute Gasteiger partial charge is 0.492 e. The lowest BCUT2D eigenvalue weighted by Crippen LogP contribution is -2.38. The maximum Gasteiger partial charge on any atom is 0.119 e. The quantitative estimate of drug-likeness (QED) is 0.918. The molecule has 0 spiro atoms. The minimum Gasteiger partial charge on any atom is -0.492 e. The lowest BCUT2D eigenvalue weighted by atomic mass is 9.87. The highest BCUT2D eigenvalue weighted by Gasteiger charge is 2.16. The molecule has 1 aromatic rings. The fraction of sp³-hybridized carbons (Fsp3) is 0.647. The molecule has 1 N–H and O–H groups in total. The van der Waals surface area contributed by atoms with E-state index >= 15 is 0 Å². The van der Waals surface area contributed by atoms with Crippen molar-refractivity contribution in [1.82, 2.24) is 4.90 Å². The first-order chi connectivity index (χ1) is 9.45. The van der Waals surface area contributed by atoms with Gasteiger partial charge in [-0.25, -0.2) is 0 Å². The highest BCUT2D eigenvalue weighted by Crippen LogP contribution is 2.24. The van der Waals surface area contributed by atoms with Crippen LogP contribution in [0.3, 0.4) is 0 Å². The molecule has 0 amide bonds. The van der Waals surface area contributed by atoms with E-state index in [1.165, 1.54) is 5.56 Å². The summed E-state index contributed by atoms with van der Waals surface area (Å²) in [6, 6.07) is 8.40. The second-order valence-corrected chi connectivity index (χ2v) is 6.70. The number of piperidine rings is 1. The van der Waals surface area contributed by atoms with E-state index in [-0.39, 0.29) is 11.5 Å². The standard InChI is InChI=1S/C17H27NO2/c1-17(2,3)14-4-6-16(7-5-14)20-13-12-18-10-8-15(19)9-11-18/h4-7,15,19H,8-13H2,1-3H3. The maximum atomic E-state index is 9.46. The third-order valence-electron chi connectivity index (χ3n) is 3.95. The summed E-state index contributed by atoms with van der Waals surface area (Å²) in [5, 5.41) is 9.46. The van der Waals surface area contributed by atoms with Crippen molar-refractivity contribution in [2.45, 2.75) is 45.1 Å². The maximum absolute atomic E-state index is 9.46. The molecule has 0 unspecified atom stereocenters. The Hall–Kier alpha value is -1.06. The van der Waals surface area contributed by atoms with Gasteiger partial charge in [0.25, 0.3) is 0 Å². The SMILES string of the molecule is CC(C)(C)c1ccc(OCCN2CCC(O)CC2)cc1. The van der Waals surface area contributed by atoms with Crippen LogP contribution >= 0.6 is 0 Å². The lowest BCUT2D eigenvalue weighted by molar-refractivity contribution is 0.0755. The van der Waals surface area contributed by atoms with Crippen molar-refractivity contribution in [3.05, 3.63) is 29.8 Å². The Morgan fingerprint density at radius 3 is 2.30 bits per heavy atom. The Balaban J connectivity index is 1.74. The molecule has 1 aliphatic heterocycles. The molecule has 0 aromatic heterocycles. The Morgan fingerprint density at radius 1 is 1.15 bits per heavy atom. The summed E-state index contributed by atoms with van der Waals surface area (Å²) in [5.41, 5.74) is 1.52. The van der Waals surface area contributed by atoms with E-state index in [1.54, 1.807) is 0 Å². The second-order valence-electron chi connectivity index (χ2n) is 6.70. The monoisotopic (exact) mass is 277 g/mol. The molecule has 1 aliphatic rings. The summed E-state index contributed by atoms with van der Waals surface area (Å²) in [7, 11) is 0. The number of ether oxygens (including phenoxy) is 1. The highest BCUT2D eigenvalue weighted by molar-refractivity contribution is 5.31. The third kappa shape index (κ3) is 4.50. The van der Waals surface area contributed by atoms with E-state index in [2.05, 4.69) is 49.9 Å². The van der Waals surface area contributed by atoms with Gasteiger partial charge in [0, 0.05) is 19.6 Å². The van der Waals surface area contributed by atoms with Crippen LogP contribution in [-0.2, 0) is 5.41 Å². The predicted molar refractivity (Wildman–Crippen MR) is 82.3 cm³/mol. The number of aliphatic hydroxyl groups is 1. The Labute approximate surface area is 122 Å². The van der Waals surface area contributed by atoms with Crippen LogP contribution < -0.4 is 4.74 Å². The molecule has 0 radical (unpaired) electrons. The van der Waals surface area contributed by atoms with Gasteiger partial charge < -0.3 is 9.84 Å². The summed E-state index contributed by atoms with van der Waals surface area (Å²) in [4.78, 5) is 2.36. The van der Waals surface area contributed by atoms with E-state index in [4.69, 9.17) is 4.74 Å². The van der Waals surface area contributed by atoms with Crippen LogP contribution in [0, 0.1) is 0 Å². The number of likely N-dealkylation sites (tertiary alicyclic amines) is 1. The second kappa shape index (κ2) is 6.59. The molecule has 0 aliphatic carbocycles. The van der Waals surface area contributed by atoms with Crippen LogP contribution in [0.2, 0.25) is 0 Å². The van der Waals surface area contributed by atoms with E-state index in [0.29, 0.717) is 6.61 Å². The van der Waals surface area contributed by atoms with Gasteiger partial charge in [0.1, 0.15) is 12.4 Å². The normalized spacial score (nSPS) is 18.2. The van der Waals surface area contributed by atoms with E-state index in [1.807, 2.05) is 0 Å². The smallest absolute Gasteiger partial charge is 0.119 e. The number of benzene rings is 1. The topological polar surface area (TPSA) is 32.7 Å². The van der Waals surface area contributed by atoms with E-state index < -0.39 is 0 Å². The summed E-state index contributed by atoms with van der Waals surface area (Å²) in [6.45, 7) is 10.3. The van der Waals surface area contributed by atoms with Crippen molar-refractivity contribution >= 4 is 0 Å². The fourth-order valence-electron chi connectivity index (χ4n) is 2.49. The number of aliphatic hydroxyl groups excluding tert-OH is 1. The molecular formula is C17H27NO2. The minimum absolute atomic E-state index is 0.0999. The number of nitrogens with zero attached hydrogens (tertiary/aromatic N) is 1. The first kappa shape index (κ1) is 15.3. The van der Waals surface area contributed by atoms with Crippen molar-refractivity contribution in [1.29, 1.82) is 0 Å². The van der Waals surface area contributed by atoms with E-state index in [9.17, 15) is 5.11 Å². The van der Waals surface area contributed by atoms with Gasteiger partial charge in [-0.3, -0.25) is 4.90 Å². The molecule has 1 fully saturated rings. The average Bonchev–Trinajstić information content (AvgIpc) is 2.41. The third-order valence-corrected chi connectivity index (χ3v) is 3.95. The van der Waals surface area contributed by atoms with Crippen molar-refractivity contribution in [2.75, 3.05) is 26.2 Å². The van der Waals surface area contributed by atoms with Crippen LogP contribution in [0.1, 0.15) is 39.2 Å². The van der Waals surface area contributed by atoms with Gasteiger partial charge in [-0.1, -0.05) is 32.9 Å². The molecule has 2 rings (SSSR count). The molecule has 0 saturated carbocycles. The van der Waals surface area contributed by atoms with Crippen molar-refractivity contribution < 1.29 is 9.84 Å². The molecule has 3 heteroatoms. The molecule has 112 valence electrons. The van der Waals surface area contributed by atoms with Crippen molar-refractivity contribution in [3.63, 3.8) is 0 Å². The van der Waals surface area contributed by atoms with Crippen LogP contribution in [0.5, 0.6) is 5.75 Å². The molecule has 0 atom stereocenters. The zero-order valence-corrected chi connectivity index (χ0v) is 12.9. The highest BCUT2D eigenvalue weighted by atomic mass is 16.5. The van der Waals surface area contributed by atoms with Gasteiger partial charge >= 0.3 is 0 Å². The molecule has 3 nitrogen and oxygen atoms in total. The molecule has 20 heavy (non-hydrogen) atoms. The summed E-state index contributed by atoms with van der Waals surface area (Å²) < 4.78 is 5.80. The fourth-order valence-corrected chi connectivity index (χ4v) is 2.49. The summed E-state index contributed by atoms with van der Waals surface area (Å²) in [5.74, 6) is 0.940. The van der Waals surface area contributed by atoms with Crippen molar-refractivity contribution in [2.24, 2.45) is 0 Å².